The summed E-state index contributed by atoms with van der Waals surface area (Å²) in [4.78, 5) is 13.0. The highest BCUT2D eigenvalue weighted by Gasteiger charge is 1.92. The van der Waals surface area contributed by atoms with Crippen LogP contribution in [0.3, 0.4) is 0 Å². The molecule has 4 nitrogen and oxygen atoms in total. The summed E-state index contributed by atoms with van der Waals surface area (Å²) in [6, 6.07) is 0. The van der Waals surface area contributed by atoms with Crippen LogP contribution in [0.2, 0.25) is 0 Å². The second-order valence-corrected chi connectivity index (χ2v) is 2.97. The predicted octanol–water partition coefficient (Wildman–Crippen LogP) is 2.43. The Hall–Kier alpha value is -0.290. The zero-order valence-electron chi connectivity index (χ0n) is 5.46. The van der Waals surface area contributed by atoms with Crippen molar-refractivity contribution in [1.29, 1.82) is 0 Å². The molecule has 0 aliphatic carbocycles. The van der Waals surface area contributed by atoms with Crippen molar-refractivity contribution in [3.8, 4) is 0 Å². The van der Waals surface area contributed by atoms with E-state index in [1.165, 1.54) is 0 Å². The second-order valence-electron chi connectivity index (χ2n) is 1.77. The number of hydrogen-bond donors (Lipinski definition) is 0. The molecule has 0 bridgehead atoms. The number of azide groups is 1. The Morgan fingerprint density at radius 2 is 2.30 bits per heavy atom. The van der Waals surface area contributed by atoms with Crippen LogP contribution in [0.1, 0.15) is 19.3 Å². The molecule has 0 aromatic rings. The van der Waals surface area contributed by atoms with E-state index in [-0.39, 0.29) is 3.79 Å². The summed E-state index contributed by atoms with van der Waals surface area (Å²) in [6.45, 7) is 0.500. The summed E-state index contributed by atoms with van der Waals surface area (Å²) in [5.74, 6) is 0. The molecule has 0 saturated heterocycles. The fourth-order valence-electron chi connectivity index (χ4n) is 0.491. The maximum atomic E-state index is 10.4. The highest BCUT2D eigenvalue weighted by atomic mass is 127. The van der Waals surface area contributed by atoms with E-state index in [2.05, 4.69) is 10.0 Å². The molecule has 0 radical (unpaired) electrons. The Morgan fingerprint density at radius 1 is 1.60 bits per heavy atom. The average molecular weight is 253 g/mol. The standard InChI is InChI=1S/C5H8IN3O/c6-5(10)3-1-2-4-8-9-7/h1-4H2. The lowest BCUT2D eigenvalue weighted by molar-refractivity contribution is -0.109. The Bertz CT molecular complexity index is 149. The van der Waals surface area contributed by atoms with Crippen LogP contribution in [-0.2, 0) is 4.79 Å². The molecule has 0 aliphatic heterocycles. The number of rotatable bonds is 5. The molecule has 5 heteroatoms. The van der Waals surface area contributed by atoms with Crippen molar-refractivity contribution < 1.29 is 4.79 Å². The van der Waals surface area contributed by atoms with Gasteiger partial charge in [-0.3, -0.25) is 4.79 Å². The van der Waals surface area contributed by atoms with Crippen LogP contribution < -0.4 is 0 Å². The average Bonchev–Trinajstić information content (AvgIpc) is 1.87. The lowest BCUT2D eigenvalue weighted by Crippen LogP contribution is -1.86. The molecule has 0 amide bonds. The van der Waals surface area contributed by atoms with Gasteiger partial charge in [-0.25, -0.2) is 0 Å². The van der Waals surface area contributed by atoms with E-state index < -0.39 is 0 Å². The molecule has 0 heterocycles. The molecule has 0 unspecified atom stereocenters. The van der Waals surface area contributed by atoms with Crippen LogP contribution in [0.4, 0.5) is 0 Å². The van der Waals surface area contributed by atoms with Gasteiger partial charge in [0.05, 0.1) is 0 Å². The summed E-state index contributed by atoms with van der Waals surface area (Å²) in [7, 11) is 0. The number of carbonyl (C=O) groups is 1. The normalized spacial score (nSPS) is 8.50. The van der Waals surface area contributed by atoms with Gasteiger partial charge in [0, 0.05) is 17.9 Å². The molecule has 0 aliphatic rings. The van der Waals surface area contributed by atoms with E-state index in [9.17, 15) is 4.79 Å². The molecule has 0 atom stereocenters. The van der Waals surface area contributed by atoms with E-state index in [0.717, 1.165) is 12.8 Å². The number of hydrogen-bond acceptors (Lipinski definition) is 2. The second kappa shape index (κ2) is 6.82. The van der Waals surface area contributed by atoms with Crippen LogP contribution in [0.15, 0.2) is 5.11 Å². The first kappa shape index (κ1) is 9.71. The smallest absolute Gasteiger partial charge is 0.192 e. The molecule has 56 valence electrons. The van der Waals surface area contributed by atoms with Crippen molar-refractivity contribution in [3.63, 3.8) is 0 Å². The third-order valence-corrected chi connectivity index (χ3v) is 1.48. The highest BCUT2D eigenvalue weighted by molar-refractivity contribution is 14.1. The maximum Gasteiger partial charge on any atom is 0.192 e. The van der Waals surface area contributed by atoms with Gasteiger partial charge < -0.3 is 0 Å². The summed E-state index contributed by atoms with van der Waals surface area (Å²) in [5, 5.41) is 3.34. The van der Waals surface area contributed by atoms with Gasteiger partial charge in [-0.1, -0.05) is 5.11 Å². The number of unbranched alkanes of at least 4 members (excludes halogenated alkanes) is 1. The zero-order valence-corrected chi connectivity index (χ0v) is 7.61. The minimum atomic E-state index is 0.165. The molecule has 0 aromatic heterocycles. The Labute approximate surface area is 72.8 Å². The van der Waals surface area contributed by atoms with Crippen molar-refractivity contribution in [2.45, 2.75) is 19.3 Å². The van der Waals surface area contributed by atoms with Crippen molar-refractivity contribution in [2.75, 3.05) is 6.54 Å². The lowest BCUT2D eigenvalue weighted by Gasteiger charge is -1.90. The molecule has 0 saturated carbocycles. The molecule has 0 spiro atoms. The topological polar surface area (TPSA) is 65.8 Å². The van der Waals surface area contributed by atoms with Crippen molar-refractivity contribution in [1.82, 2.24) is 0 Å². The van der Waals surface area contributed by atoms with Crippen LogP contribution in [0, 0.1) is 0 Å². The summed E-state index contributed by atoms with van der Waals surface area (Å²) in [5.41, 5.74) is 7.86. The zero-order chi connectivity index (χ0) is 7.82. The van der Waals surface area contributed by atoms with Gasteiger partial charge in [0.1, 0.15) is 0 Å². The van der Waals surface area contributed by atoms with E-state index in [0.29, 0.717) is 13.0 Å². The van der Waals surface area contributed by atoms with Crippen LogP contribution in [0.5, 0.6) is 0 Å². The molecular weight excluding hydrogens is 245 g/mol. The number of nitrogens with zero attached hydrogens (tertiary/aromatic N) is 3. The predicted molar refractivity (Wildman–Crippen MR) is 46.9 cm³/mol. The van der Waals surface area contributed by atoms with E-state index in [1.807, 2.05) is 0 Å². The summed E-state index contributed by atoms with van der Waals surface area (Å²) >= 11 is 1.76. The van der Waals surface area contributed by atoms with Crippen molar-refractivity contribution in [3.05, 3.63) is 10.4 Å². The number of carbonyl (C=O) groups excluding carboxylic acids is 1. The third kappa shape index (κ3) is 7.71. The fraction of sp³-hybridized carbons (Fsp3) is 0.800. The van der Waals surface area contributed by atoms with Crippen LogP contribution >= 0.6 is 22.6 Å². The van der Waals surface area contributed by atoms with Gasteiger partial charge in [0.25, 0.3) is 0 Å². The van der Waals surface area contributed by atoms with Gasteiger partial charge >= 0.3 is 0 Å². The Balaban J connectivity index is 3.05. The SMILES string of the molecule is [N-]=[N+]=NCCCCC(=O)I. The van der Waals surface area contributed by atoms with Crippen molar-refractivity contribution in [2.24, 2.45) is 5.11 Å². The maximum absolute atomic E-state index is 10.4. The summed E-state index contributed by atoms with van der Waals surface area (Å²) in [6.07, 6.45) is 2.21. The van der Waals surface area contributed by atoms with E-state index in [4.69, 9.17) is 5.53 Å². The minimum absolute atomic E-state index is 0.165. The molecule has 10 heavy (non-hydrogen) atoms. The third-order valence-electron chi connectivity index (χ3n) is 0.945. The van der Waals surface area contributed by atoms with Gasteiger partial charge in [0.15, 0.2) is 3.79 Å². The fourth-order valence-corrected chi connectivity index (χ4v) is 0.873. The molecule has 0 aromatic carbocycles. The van der Waals surface area contributed by atoms with Gasteiger partial charge in [0.2, 0.25) is 0 Å². The van der Waals surface area contributed by atoms with Crippen molar-refractivity contribution >= 4 is 26.4 Å². The quantitative estimate of drug-likeness (QED) is 0.185. The molecular formula is C5H8IN3O. The van der Waals surface area contributed by atoms with Gasteiger partial charge in [-0.15, -0.1) is 0 Å². The monoisotopic (exact) mass is 253 g/mol. The van der Waals surface area contributed by atoms with Gasteiger partial charge in [-0.2, -0.15) is 0 Å². The molecule has 0 N–H and O–H groups in total. The Morgan fingerprint density at radius 3 is 2.80 bits per heavy atom. The molecule has 0 fully saturated rings. The minimum Gasteiger partial charge on any atom is -0.288 e. The lowest BCUT2D eigenvalue weighted by atomic mass is 10.2. The number of halogens is 1. The highest BCUT2D eigenvalue weighted by Crippen LogP contribution is 2.00. The summed E-state index contributed by atoms with van der Waals surface area (Å²) < 4.78 is 0.165. The largest absolute Gasteiger partial charge is 0.288 e. The van der Waals surface area contributed by atoms with Crippen LogP contribution in [0.25, 0.3) is 10.4 Å². The first-order valence-corrected chi connectivity index (χ1v) is 4.04. The van der Waals surface area contributed by atoms with E-state index >= 15 is 0 Å². The van der Waals surface area contributed by atoms with E-state index in [1.54, 1.807) is 22.6 Å². The first-order valence-electron chi connectivity index (χ1n) is 2.96. The Kier molecular flexibility index (Phi) is 6.63. The first-order chi connectivity index (χ1) is 4.77. The van der Waals surface area contributed by atoms with Gasteiger partial charge in [-0.05, 0) is 41.0 Å². The molecule has 0 rings (SSSR count). The van der Waals surface area contributed by atoms with Crippen LogP contribution in [-0.4, -0.2) is 10.3 Å².